The summed E-state index contributed by atoms with van der Waals surface area (Å²) >= 11 is 5.51. The van der Waals surface area contributed by atoms with Crippen LogP contribution in [0.3, 0.4) is 0 Å². The maximum absolute atomic E-state index is 12.3. The average Bonchev–Trinajstić information content (AvgIpc) is 2.74. The van der Waals surface area contributed by atoms with E-state index in [0.29, 0.717) is 23.7 Å². The van der Waals surface area contributed by atoms with Gasteiger partial charge in [-0.3, -0.25) is 0 Å². The Bertz CT molecular complexity index is 752. The number of ether oxygens (including phenoxy) is 3. The smallest absolute Gasteiger partial charge is 0.333 e. The summed E-state index contributed by atoms with van der Waals surface area (Å²) in [4.78, 5) is 12.3. The fourth-order valence-electron chi connectivity index (χ4n) is 3.41. The van der Waals surface area contributed by atoms with Gasteiger partial charge in [-0.25, -0.2) is 4.79 Å². The number of anilines is 1. The van der Waals surface area contributed by atoms with Gasteiger partial charge in [0.15, 0.2) is 5.11 Å². The summed E-state index contributed by atoms with van der Waals surface area (Å²) in [6.45, 7) is 6.25. The highest BCUT2D eigenvalue weighted by Crippen LogP contribution is 2.24. The summed E-state index contributed by atoms with van der Waals surface area (Å²) in [6.07, 6.45) is 3.60. The molecule has 0 amide bonds. The lowest BCUT2D eigenvalue weighted by Gasteiger charge is -2.37. The van der Waals surface area contributed by atoms with Crippen molar-refractivity contribution in [3.05, 3.63) is 35.9 Å². The van der Waals surface area contributed by atoms with Crippen LogP contribution in [0.1, 0.15) is 40.0 Å². The van der Waals surface area contributed by atoms with E-state index in [-0.39, 0.29) is 24.2 Å². The molecule has 0 unspecified atom stereocenters. The summed E-state index contributed by atoms with van der Waals surface area (Å²) in [7, 11) is 1.62. The number of benzene rings is 1. The molecule has 0 radical (unpaired) electrons. The Morgan fingerprint density at radius 1 is 1.30 bits per heavy atom. The van der Waals surface area contributed by atoms with Crippen LogP contribution < -0.4 is 21.1 Å². The molecule has 30 heavy (non-hydrogen) atoms. The molecule has 7 nitrogen and oxygen atoms in total. The van der Waals surface area contributed by atoms with Gasteiger partial charge < -0.3 is 30.6 Å². The normalized spacial score (nSPS) is 21.0. The van der Waals surface area contributed by atoms with Gasteiger partial charge in [0.25, 0.3) is 0 Å². The minimum absolute atomic E-state index is 0.0595. The fraction of sp³-hybridized carbons (Fsp3) is 0.545. The summed E-state index contributed by atoms with van der Waals surface area (Å²) in [6, 6.07) is 6.84. The number of methoxy groups -OCH3 is 1. The van der Waals surface area contributed by atoms with Gasteiger partial charge in [-0.15, -0.1) is 0 Å². The van der Waals surface area contributed by atoms with Gasteiger partial charge in [-0.05, 0) is 56.6 Å². The molecule has 0 bridgehead atoms. The van der Waals surface area contributed by atoms with E-state index in [4.69, 9.17) is 32.2 Å². The van der Waals surface area contributed by atoms with Crippen LogP contribution in [0.15, 0.2) is 35.9 Å². The van der Waals surface area contributed by atoms with E-state index in [1.54, 1.807) is 14.0 Å². The number of hydrogen-bond donors (Lipinski definition) is 3. The summed E-state index contributed by atoms with van der Waals surface area (Å²) < 4.78 is 16.7. The van der Waals surface area contributed by atoms with Crippen LogP contribution >= 0.6 is 12.2 Å². The summed E-state index contributed by atoms with van der Waals surface area (Å²) in [5, 5.41) is 6.87. The molecule has 1 aromatic carbocycles. The molecule has 3 atom stereocenters. The van der Waals surface area contributed by atoms with Gasteiger partial charge in [-0.2, -0.15) is 0 Å². The maximum atomic E-state index is 12.3. The first-order chi connectivity index (χ1) is 14.4. The second-order valence-corrected chi connectivity index (χ2v) is 7.58. The van der Waals surface area contributed by atoms with Gasteiger partial charge >= 0.3 is 5.97 Å². The Labute approximate surface area is 184 Å². The lowest BCUT2D eigenvalue weighted by Crippen LogP contribution is -2.58. The quantitative estimate of drug-likeness (QED) is 0.402. The number of nitrogens with one attached hydrogen (secondary N) is 2. The predicted octanol–water partition coefficient (Wildman–Crippen LogP) is 3.14. The largest absolute Gasteiger partial charge is 0.497 e. The fourth-order valence-corrected chi connectivity index (χ4v) is 3.66. The predicted molar refractivity (Wildman–Crippen MR) is 123 cm³/mol. The summed E-state index contributed by atoms with van der Waals surface area (Å²) in [5.74, 6) is 0.385. The van der Waals surface area contributed by atoms with E-state index in [9.17, 15) is 4.79 Å². The third-order valence-corrected chi connectivity index (χ3v) is 5.28. The number of rotatable bonds is 9. The minimum atomic E-state index is -0.400. The lowest BCUT2D eigenvalue weighted by atomic mass is 9.88. The van der Waals surface area contributed by atoms with Crippen molar-refractivity contribution in [2.45, 2.75) is 64.3 Å². The number of carbonyl (C=O) groups excluding carboxylic acids is 1. The van der Waals surface area contributed by atoms with E-state index in [0.717, 1.165) is 24.3 Å². The monoisotopic (exact) mass is 435 g/mol. The molecule has 0 saturated carbocycles. The van der Waals surface area contributed by atoms with E-state index < -0.39 is 6.10 Å². The standard InChI is InChI=1S/C22H33N3O4S/c1-5-16(6-2)29-19-12-14(21(26)28-7-3)11-18(23)20(19)25-22(30)24-15-9-8-10-17(13-15)27-4/h8-10,12-13,16,18-20H,5-7,11,23H2,1-4H3,(H2,24,25,30)/t18-,19-,20+/m0/s1. The van der Waals surface area contributed by atoms with Crippen molar-refractivity contribution in [3.8, 4) is 5.75 Å². The van der Waals surface area contributed by atoms with Crippen LogP contribution in [-0.4, -0.2) is 49.1 Å². The van der Waals surface area contributed by atoms with Crippen molar-refractivity contribution in [1.82, 2.24) is 5.32 Å². The van der Waals surface area contributed by atoms with Gasteiger partial charge in [0, 0.05) is 23.4 Å². The Morgan fingerprint density at radius 3 is 2.67 bits per heavy atom. The highest BCUT2D eigenvalue weighted by molar-refractivity contribution is 7.80. The van der Waals surface area contributed by atoms with E-state index in [2.05, 4.69) is 24.5 Å². The first-order valence-corrected chi connectivity index (χ1v) is 10.8. The van der Waals surface area contributed by atoms with E-state index >= 15 is 0 Å². The Hall–Kier alpha value is -2.16. The van der Waals surface area contributed by atoms with Gasteiger partial charge in [-0.1, -0.05) is 19.9 Å². The van der Waals surface area contributed by atoms with Gasteiger partial charge in [0.05, 0.1) is 32.0 Å². The molecule has 1 aromatic rings. The molecular weight excluding hydrogens is 402 g/mol. The number of carbonyl (C=O) groups is 1. The van der Waals surface area contributed by atoms with Gasteiger partial charge in [0.1, 0.15) is 5.75 Å². The number of esters is 1. The van der Waals surface area contributed by atoms with Crippen molar-refractivity contribution < 1.29 is 19.0 Å². The molecule has 1 aliphatic rings. The number of thiocarbonyl (C=S) groups is 1. The average molecular weight is 436 g/mol. The highest BCUT2D eigenvalue weighted by atomic mass is 32.1. The van der Waals surface area contributed by atoms with E-state index in [1.165, 1.54) is 0 Å². The minimum Gasteiger partial charge on any atom is -0.497 e. The molecule has 0 aliphatic heterocycles. The molecular formula is C22H33N3O4S. The maximum Gasteiger partial charge on any atom is 0.333 e. The third kappa shape index (κ3) is 6.68. The molecule has 166 valence electrons. The first kappa shape index (κ1) is 24.1. The summed E-state index contributed by atoms with van der Waals surface area (Å²) in [5.41, 5.74) is 7.79. The van der Waals surface area contributed by atoms with Crippen LogP contribution in [0.2, 0.25) is 0 Å². The van der Waals surface area contributed by atoms with Crippen LogP contribution in [0.25, 0.3) is 0 Å². The highest BCUT2D eigenvalue weighted by Gasteiger charge is 2.35. The Morgan fingerprint density at radius 2 is 2.03 bits per heavy atom. The SMILES string of the molecule is CCOC(=O)C1=C[C@H](OC(CC)CC)[C@H](NC(=S)Nc2cccc(OC)c2)[C@@H](N)C1. The zero-order chi connectivity index (χ0) is 22.1. The lowest BCUT2D eigenvalue weighted by molar-refractivity contribution is -0.139. The zero-order valence-electron chi connectivity index (χ0n) is 18.1. The van der Waals surface area contributed by atoms with Gasteiger partial charge in [0.2, 0.25) is 0 Å². The number of nitrogens with two attached hydrogens (primary N) is 1. The van der Waals surface area contributed by atoms with Crippen molar-refractivity contribution >= 4 is 29.0 Å². The first-order valence-electron chi connectivity index (χ1n) is 10.4. The van der Waals surface area contributed by atoms with Crippen LogP contribution in [0.4, 0.5) is 5.69 Å². The van der Waals surface area contributed by atoms with Crippen molar-refractivity contribution in [3.63, 3.8) is 0 Å². The molecule has 0 heterocycles. The van der Waals surface area contributed by atoms with Crippen LogP contribution in [-0.2, 0) is 14.3 Å². The molecule has 0 spiro atoms. The van der Waals surface area contributed by atoms with E-state index in [1.807, 2.05) is 30.3 Å². The molecule has 2 rings (SSSR count). The zero-order valence-corrected chi connectivity index (χ0v) is 19.0. The van der Waals surface area contributed by atoms with Crippen molar-refractivity contribution in [1.29, 1.82) is 0 Å². The molecule has 4 N–H and O–H groups in total. The second-order valence-electron chi connectivity index (χ2n) is 7.18. The van der Waals surface area contributed by atoms with Crippen molar-refractivity contribution in [2.75, 3.05) is 19.0 Å². The van der Waals surface area contributed by atoms with Crippen LogP contribution in [0.5, 0.6) is 5.75 Å². The molecule has 0 fully saturated rings. The Balaban J connectivity index is 2.17. The molecule has 0 saturated heterocycles. The topological polar surface area (TPSA) is 94.8 Å². The molecule has 8 heteroatoms. The Kier molecular flexibility index (Phi) is 9.55. The molecule has 0 aromatic heterocycles. The van der Waals surface area contributed by atoms with Crippen LogP contribution in [0, 0.1) is 0 Å². The third-order valence-electron chi connectivity index (χ3n) is 5.06. The second kappa shape index (κ2) is 11.9. The van der Waals surface area contributed by atoms with Crippen molar-refractivity contribution in [2.24, 2.45) is 5.73 Å². The molecule has 1 aliphatic carbocycles. The number of hydrogen-bond acceptors (Lipinski definition) is 6.